The fourth-order valence-corrected chi connectivity index (χ4v) is 2.45. The minimum absolute atomic E-state index is 0.0632. The number of nitrogens with one attached hydrogen (secondary N) is 2. The van der Waals surface area contributed by atoms with E-state index in [1.54, 1.807) is 0 Å². The third kappa shape index (κ3) is 3.41. The molecule has 0 amide bonds. The fourth-order valence-electron chi connectivity index (χ4n) is 2.45. The van der Waals surface area contributed by atoms with Gasteiger partial charge in [0, 0.05) is 18.2 Å². The second kappa shape index (κ2) is 5.97. The average Bonchev–Trinajstić information content (AvgIpc) is 2.39. The third-order valence-electron chi connectivity index (χ3n) is 3.58. The Bertz CT molecular complexity index is 461. The molecule has 2 rings (SSSR count). The summed E-state index contributed by atoms with van der Waals surface area (Å²) in [6.45, 7) is 3.88. The standard InChI is InChI=1S/C13H18FN3O2/c1-9(10-3-2-6-15-8-10)16-12-7-11(14)4-5-13(12)17(18)19/h4-5,7,9-10,15-16H,2-3,6,8H2,1H3. The highest BCUT2D eigenvalue weighted by atomic mass is 19.1. The molecule has 2 N–H and O–H groups in total. The van der Waals surface area contributed by atoms with E-state index in [1.165, 1.54) is 12.1 Å². The van der Waals surface area contributed by atoms with Crippen molar-refractivity contribution in [2.45, 2.75) is 25.8 Å². The highest BCUT2D eigenvalue weighted by Crippen LogP contribution is 2.27. The van der Waals surface area contributed by atoms with E-state index >= 15 is 0 Å². The van der Waals surface area contributed by atoms with Crippen LogP contribution in [0.15, 0.2) is 18.2 Å². The van der Waals surface area contributed by atoms with E-state index in [4.69, 9.17) is 0 Å². The van der Waals surface area contributed by atoms with Crippen LogP contribution in [0, 0.1) is 21.8 Å². The molecular formula is C13H18FN3O2. The first-order valence-corrected chi connectivity index (χ1v) is 6.49. The van der Waals surface area contributed by atoms with Crippen LogP contribution in [0.4, 0.5) is 15.8 Å². The van der Waals surface area contributed by atoms with Crippen LogP contribution in [0.1, 0.15) is 19.8 Å². The summed E-state index contributed by atoms with van der Waals surface area (Å²) in [6, 6.07) is 3.55. The molecule has 0 bridgehead atoms. The lowest BCUT2D eigenvalue weighted by Crippen LogP contribution is -2.38. The van der Waals surface area contributed by atoms with Crippen molar-refractivity contribution in [1.82, 2.24) is 5.32 Å². The van der Waals surface area contributed by atoms with Crippen LogP contribution in [0.25, 0.3) is 0 Å². The van der Waals surface area contributed by atoms with Gasteiger partial charge >= 0.3 is 0 Å². The molecule has 0 radical (unpaired) electrons. The zero-order chi connectivity index (χ0) is 13.8. The second-order valence-electron chi connectivity index (χ2n) is 4.96. The summed E-state index contributed by atoms with van der Waals surface area (Å²) in [5.74, 6) is -0.0707. The fraction of sp³-hybridized carbons (Fsp3) is 0.538. The molecule has 6 heteroatoms. The van der Waals surface area contributed by atoms with Crippen molar-refractivity contribution < 1.29 is 9.31 Å². The minimum atomic E-state index is -0.492. The number of halogens is 1. The first-order valence-electron chi connectivity index (χ1n) is 6.49. The summed E-state index contributed by atoms with van der Waals surface area (Å²) in [6.07, 6.45) is 2.17. The Morgan fingerprint density at radius 1 is 1.58 bits per heavy atom. The number of nitrogens with zero attached hydrogens (tertiary/aromatic N) is 1. The van der Waals surface area contributed by atoms with Crippen molar-refractivity contribution in [3.63, 3.8) is 0 Å². The lowest BCUT2D eigenvalue weighted by atomic mass is 9.92. The molecule has 1 aromatic carbocycles. The molecule has 19 heavy (non-hydrogen) atoms. The first-order chi connectivity index (χ1) is 9.08. The van der Waals surface area contributed by atoms with Crippen LogP contribution in [-0.4, -0.2) is 24.1 Å². The van der Waals surface area contributed by atoms with Gasteiger partial charge in [0.25, 0.3) is 5.69 Å². The van der Waals surface area contributed by atoms with Crippen LogP contribution < -0.4 is 10.6 Å². The second-order valence-corrected chi connectivity index (χ2v) is 4.96. The van der Waals surface area contributed by atoms with E-state index in [-0.39, 0.29) is 17.4 Å². The van der Waals surface area contributed by atoms with Crippen molar-refractivity contribution in [3.8, 4) is 0 Å². The first kappa shape index (κ1) is 13.7. The maximum Gasteiger partial charge on any atom is 0.292 e. The van der Waals surface area contributed by atoms with Crippen LogP contribution in [-0.2, 0) is 0 Å². The van der Waals surface area contributed by atoms with Crippen molar-refractivity contribution in [2.24, 2.45) is 5.92 Å². The quantitative estimate of drug-likeness (QED) is 0.650. The molecule has 104 valence electrons. The number of nitro groups is 1. The number of hydrogen-bond donors (Lipinski definition) is 2. The predicted molar refractivity (Wildman–Crippen MR) is 71.7 cm³/mol. The molecule has 0 spiro atoms. The summed E-state index contributed by atoms with van der Waals surface area (Å²) in [7, 11) is 0. The molecule has 2 unspecified atom stereocenters. The monoisotopic (exact) mass is 267 g/mol. The molecule has 1 aliphatic rings. The van der Waals surface area contributed by atoms with Gasteiger partial charge in [-0.1, -0.05) is 0 Å². The van der Waals surface area contributed by atoms with Crippen molar-refractivity contribution >= 4 is 11.4 Å². The van der Waals surface area contributed by atoms with Gasteiger partial charge in [-0.05, 0) is 44.8 Å². The molecule has 1 saturated heterocycles. The minimum Gasteiger partial charge on any atom is -0.377 e. The zero-order valence-electron chi connectivity index (χ0n) is 10.9. The van der Waals surface area contributed by atoms with Crippen LogP contribution in [0.2, 0.25) is 0 Å². The molecule has 1 aromatic rings. The van der Waals surface area contributed by atoms with Gasteiger partial charge in [-0.3, -0.25) is 10.1 Å². The summed E-state index contributed by atoms with van der Waals surface area (Å²) in [4.78, 5) is 10.4. The molecule has 0 saturated carbocycles. The number of anilines is 1. The largest absolute Gasteiger partial charge is 0.377 e. The van der Waals surface area contributed by atoms with Crippen LogP contribution in [0.3, 0.4) is 0 Å². The number of rotatable bonds is 4. The van der Waals surface area contributed by atoms with Gasteiger partial charge in [0.15, 0.2) is 0 Å². The summed E-state index contributed by atoms with van der Waals surface area (Å²) in [5, 5.41) is 17.3. The Morgan fingerprint density at radius 2 is 2.37 bits per heavy atom. The topological polar surface area (TPSA) is 67.2 Å². The summed E-state index contributed by atoms with van der Waals surface area (Å²) in [5.41, 5.74) is 0.167. The molecule has 0 aliphatic carbocycles. The zero-order valence-corrected chi connectivity index (χ0v) is 10.9. The van der Waals surface area contributed by atoms with Gasteiger partial charge in [0.05, 0.1) is 4.92 Å². The SMILES string of the molecule is CC(Nc1cc(F)ccc1[N+](=O)[O-])C1CCCNC1. The molecule has 2 atom stereocenters. The van der Waals surface area contributed by atoms with Crippen molar-refractivity contribution in [3.05, 3.63) is 34.1 Å². The van der Waals surface area contributed by atoms with E-state index in [2.05, 4.69) is 10.6 Å². The maximum absolute atomic E-state index is 13.2. The molecule has 5 nitrogen and oxygen atoms in total. The van der Waals surface area contributed by atoms with Crippen molar-refractivity contribution in [1.29, 1.82) is 0 Å². The summed E-state index contributed by atoms with van der Waals surface area (Å²) >= 11 is 0. The summed E-state index contributed by atoms with van der Waals surface area (Å²) < 4.78 is 13.2. The number of benzene rings is 1. The van der Waals surface area contributed by atoms with Gasteiger partial charge in [0.1, 0.15) is 11.5 Å². The maximum atomic E-state index is 13.2. The Morgan fingerprint density at radius 3 is 3.00 bits per heavy atom. The van der Waals surface area contributed by atoms with E-state index in [9.17, 15) is 14.5 Å². The lowest BCUT2D eigenvalue weighted by Gasteiger charge is -2.29. The Kier molecular flexibility index (Phi) is 4.31. The van der Waals surface area contributed by atoms with Crippen LogP contribution in [0.5, 0.6) is 0 Å². The number of hydrogen-bond acceptors (Lipinski definition) is 4. The van der Waals surface area contributed by atoms with E-state index in [0.717, 1.165) is 32.0 Å². The molecule has 1 heterocycles. The predicted octanol–water partition coefficient (Wildman–Crippen LogP) is 2.53. The molecular weight excluding hydrogens is 249 g/mol. The van der Waals surface area contributed by atoms with E-state index in [0.29, 0.717) is 5.92 Å². The van der Waals surface area contributed by atoms with Crippen molar-refractivity contribution in [2.75, 3.05) is 18.4 Å². The number of nitro benzene ring substituents is 1. The molecule has 1 aliphatic heterocycles. The Labute approximate surface area is 111 Å². The molecule has 0 aromatic heterocycles. The molecule has 1 fully saturated rings. The van der Waals surface area contributed by atoms with Gasteiger partial charge in [-0.25, -0.2) is 4.39 Å². The number of piperidine rings is 1. The lowest BCUT2D eigenvalue weighted by molar-refractivity contribution is -0.384. The average molecular weight is 267 g/mol. The Hall–Kier alpha value is -1.69. The van der Waals surface area contributed by atoms with Gasteiger partial charge in [-0.15, -0.1) is 0 Å². The van der Waals surface area contributed by atoms with E-state index < -0.39 is 10.7 Å². The smallest absolute Gasteiger partial charge is 0.292 e. The normalized spacial score (nSPS) is 20.8. The van der Waals surface area contributed by atoms with Gasteiger partial charge in [0.2, 0.25) is 0 Å². The highest BCUT2D eigenvalue weighted by molar-refractivity contribution is 5.61. The highest BCUT2D eigenvalue weighted by Gasteiger charge is 2.22. The third-order valence-corrected chi connectivity index (χ3v) is 3.58. The van der Waals surface area contributed by atoms with Gasteiger partial charge < -0.3 is 10.6 Å². The van der Waals surface area contributed by atoms with E-state index in [1.807, 2.05) is 6.92 Å². The van der Waals surface area contributed by atoms with Crippen LogP contribution >= 0.6 is 0 Å². The Balaban J connectivity index is 2.12. The van der Waals surface area contributed by atoms with Gasteiger partial charge in [-0.2, -0.15) is 0 Å².